The number of fused-ring (bicyclic) bond motifs is 1. The number of aromatic nitrogens is 3. The largest absolute Gasteiger partial charge is 0.396 e. The summed E-state index contributed by atoms with van der Waals surface area (Å²) in [6.45, 7) is 1.70. The van der Waals surface area contributed by atoms with E-state index in [1.54, 1.807) is 38.7 Å². The Morgan fingerprint density at radius 2 is 1.85 bits per heavy atom. The van der Waals surface area contributed by atoms with E-state index in [-0.39, 0.29) is 36.4 Å². The van der Waals surface area contributed by atoms with Crippen LogP contribution in [0.1, 0.15) is 29.7 Å². The molecule has 3 aliphatic heterocycles. The van der Waals surface area contributed by atoms with E-state index in [4.69, 9.17) is 0 Å². The number of likely N-dealkylation sites (tertiary alicyclic amines) is 1. The first-order valence-corrected chi connectivity index (χ1v) is 13.4. The molecule has 0 aliphatic carbocycles. The van der Waals surface area contributed by atoms with Crippen molar-refractivity contribution < 1.29 is 23.9 Å². The van der Waals surface area contributed by atoms with Crippen molar-refractivity contribution in [2.75, 3.05) is 26.2 Å². The zero-order valence-corrected chi connectivity index (χ0v) is 21.6. The molecule has 1 fully saturated rings. The number of amides is 4. The number of benzene rings is 1. The Bertz CT molecular complexity index is 1750. The van der Waals surface area contributed by atoms with Crippen molar-refractivity contribution in [3.05, 3.63) is 71.6 Å². The Morgan fingerprint density at radius 3 is 2.65 bits per heavy atom. The van der Waals surface area contributed by atoms with E-state index in [0.29, 0.717) is 53.9 Å². The average Bonchev–Trinajstić information content (AvgIpc) is 3.57. The predicted octanol–water partition coefficient (Wildman–Crippen LogP) is 2.64. The molecule has 10 nitrogen and oxygen atoms in total. The molecule has 0 radical (unpaired) electrons. The third-order valence-corrected chi connectivity index (χ3v) is 8.34. The van der Waals surface area contributed by atoms with E-state index in [1.807, 2.05) is 18.2 Å². The molecule has 40 heavy (non-hydrogen) atoms. The number of nitrogens with zero attached hydrogens (tertiary/aromatic N) is 5. The van der Waals surface area contributed by atoms with E-state index >= 15 is 4.39 Å². The lowest BCUT2D eigenvalue weighted by Gasteiger charge is -2.35. The van der Waals surface area contributed by atoms with Crippen molar-refractivity contribution in [3.8, 4) is 0 Å². The van der Waals surface area contributed by atoms with Crippen LogP contribution in [0.25, 0.3) is 27.7 Å². The summed E-state index contributed by atoms with van der Waals surface area (Å²) in [5.41, 5.74) is 3.38. The first kappa shape index (κ1) is 24.5. The number of piperidine rings is 1. The van der Waals surface area contributed by atoms with Gasteiger partial charge in [0.15, 0.2) is 5.95 Å². The van der Waals surface area contributed by atoms with Crippen LogP contribution in [0.4, 0.5) is 9.18 Å². The first-order valence-electron chi connectivity index (χ1n) is 13.4. The first-order chi connectivity index (χ1) is 19.4. The molecule has 1 aromatic carbocycles. The van der Waals surface area contributed by atoms with Crippen molar-refractivity contribution in [2.45, 2.75) is 25.9 Å². The maximum Gasteiger partial charge on any atom is 0.321 e. The van der Waals surface area contributed by atoms with Gasteiger partial charge in [0.05, 0.1) is 28.6 Å². The van der Waals surface area contributed by atoms with Crippen LogP contribution in [0.5, 0.6) is 0 Å². The second-order valence-electron chi connectivity index (χ2n) is 10.6. The van der Waals surface area contributed by atoms with Gasteiger partial charge in [-0.25, -0.2) is 9.78 Å². The summed E-state index contributed by atoms with van der Waals surface area (Å²) in [4.78, 5) is 47.4. The Labute approximate surface area is 228 Å². The molecule has 0 spiro atoms. The molecule has 1 saturated heterocycles. The lowest BCUT2D eigenvalue weighted by atomic mass is 9.94. The van der Waals surface area contributed by atoms with Crippen molar-refractivity contribution in [1.82, 2.24) is 29.1 Å². The number of aliphatic hydroxyl groups is 1. The number of hydrogen-bond donors (Lipinski definition) is 2. The third kappa shape index (κ3) is 3.72. The Balaban J connectivity index is 1.31. The summed E-state index contributed by atoms with van der Waals surface area (Å²) < 4.78 is 18.8. The smallest absolute Gasteiger partial charge is 0.321 e. The maximum atomic E-state index is 15.6. The number of pyridine rings is 1. The standard InChI is InChI=1S/C29H27FN6O4/c30-22-13-20-19(24-25(28(39)32-27(24)38)21-14-31-23-3-1-2-9-35(21)23)5-4-18-8-12-34(16-36(22)26(18)20)29(40)33-10-6-17(15-37)7-11-33/h1-5,9,13-14,17,37H,6-8,10-12,15-16H2,(H,32,38,39). The molecule has 0 saturated carbocycles. The highest BCUT2D eigenvalue weighted by Gasteiger charge is 2.36. The number of nitrogens with one attached hydrogen (secondary N) is 1. The summed E-state index contributed by atoms with van der Waals surface area (Å²) in [5.74, 6) is -1.40. The van der Waals surface area contributed by atoms with Crippen molar-refractivity contribution >= 4 is 45.5 Å². The molecular formula is C29H27FN6O4. The Kier molecular flexibility index (Phi) is 5.70. The third-order valence-electron chi connectivity index (χ3n) is 8.34. The topological polar surface area (TPSA) is 112 Å². The van der Waals surface area contributed by atoms with Gasteiger partial charge in [0, 0.05) is 43.9 Å². The highest BCUT2D eigenvalue weighted by atomic mass is 19.1. The van der Waals surface area contributed by atoms with Gasteiger partial charge in [0.2, 0.25) is 0 Å². The lowest BCUT2D eigenvalue weighted by molar-refractivity contribution is -0.122. The number of carbonyl (C=O) groups excluding carboxylic acids is 3. The number of aliphatic hydroxyl groups excluding tert-OH is 1. The molecule has 6 heterocycles. The maximum absolute atomic E-state index is 15.6. The quantitative estimate of drug-likeness (QED) is 0.387. The van der Waals surface area contributed by atoms with Gasteiger partial charge in [0.25, 0.3) is 11.8 Å². The minimum Gasteiger partial charge on any atom is -0.396 e. The number of carbonyl (C=O) groups is 3. The van der Waals surface area contributed by atoms with E-state index in [9.17, 15) is 19.5 Å². The van der Waals surface area contributed by atoms with E-state index in [1.165, 1.54) is 10.6 Å². The van der Waals surface area contributed by atoms with Gasteiger partial charge >= 0.3 is 6.03 Å². The molecule has 7 rings (SSSR count). The van der Waals surface area contributed by atoms with Crippen LogP contribution in [-0.2, 0) is 22.7 Å². The number of hydrogen-bond acceptors (Lipinski definition) is 5. The molecule has 2 N–H and O–H groups in total. The van der Waals surface area contributed by atoms with Crippen LogP contribution in [-0.4, -0.2) is 72.9 Å². The van der Waals surface area contributed by atoms with Crippen LogP contribution in [0.3, 0.4) is 0 Å². The summed E-state index contributed by atoms with van der Waals surface area (Å²) in [6, 6.07) is 10.3. The molecule has 3 aromatic heterocycles. The fourth-order valence-electron chi connectivity index (χ4n) is 6.21. The second-order valence-corrected chi connectivity index (χ2v) is 10.6. The molecule has 0 atom stereocenters. The van der Waals surface area contributed by atoms with Gasteiger partial charge in [-0.15, -0.1) is 0 Å². The Morgan fingerprint density at radius 1 is 1.05 bits per heavy atom. The average molecular weight is 543 g/mol. The highest BCUT2D eigenvalue weighted by Crippen LogP contribution is 2.38. The monoisotopic (exact) mass is 542 g/mol. The number of imidazole rings is 1. The Hall–Kier alpha value is -4.51. The molecule has 204 valence electrons. The predicted molar refractivity (Wildman–Crippen MR) is 144 cm³/mol. The van der Waals surface area contributed by atoms with Crippen LogP contribution in [0.15, 0.2) is 48.8 Å². The van der Waals surface area contributed by atoms with Crippen LogP contribution >= 0.6 is 0 Å². The van der Waals surface area contributed by atoms with Crippen LogP contribution in [0, 0.1) is 11.9 Å². The number of urea groups is 1. The van der Waals surface area contributed by atoms with Gasteiger partial charge < -0.3 is 14.9 Å². The van der Waals surface area contributed by atoms with E-state index < -0.39 is 17.8 Å². The van der Waals surface area contributed by atoms with Crippen molar-refractivity contribution in [2.24, 2.45) is 5.92 Å². The summed E-state index contributed by atoms with van der Waals surface area (Å²) in [5, 5.41) is 12.4. The summed E-state index contributed by atoms with van der Waals surface area (Å²) in [6.07, 6.45) is 5.33. The molecule has 4 aromatic rings. The van der Waals surface area contributed by atoms with E-state index in [0.717, 1.165) is 18.4 Å². The number of imide groups is 1. The van der Waals surface area contributed by atoms with Gasteiger partial charge in [0.1, 0.15) is 12.3 Å². The molecular weight excluding hydrogens is 515 g/mol. The van der Waals surface area contributed by atoms with Gasteiger partial charge in [-0.3, -0.25) is 23.9 Å². The highest BCUT2D eigenvalue weighted by molar-refractivity contribution is 6.49. The molecule has 11 heteroatoms. The van der Waals surface area contributed by atoms with Gasteiger partial charge in [-0.05, 0) is 48.4 Å². The second kappa shape index (κ2) is 9.30. The van der Waals surface area contributed by atoms with Crippen molar-refractivity contribution in [1.29, 1.82) is 0 Å². The van der Waals surface area contributed by atoms with Crippen LogP contribution < -0.4 is 5.32 Å². The summed E-state index contributed by atoms with van der Waals surface area (Å²) in [7, 11) is 0. The fourth-order valence-corrected chi connectivity index (χ4v) is 6.21. The van der Waals surface area contributed by atoms with Crippen molar-refractivity contribution in [3.63, 3.8) is 0 Å². The zero-order valence-electron chi connectivity index (χ0n) is 21.6. The molecule has 4 amide bonds. The molecule has 3 aliphatic rings. The van der Waals surface area contributed by atoms with Gasteiger partial charge in [-0.2, -0.15) is 4.39 Å². The normalized spacial score (nSPS) is 18.2. The summed E-state index contributed by atoms with van der Waals surface area (Å²) >= 11 is 0. The minimum absolute atomic E-state index is 0.0365. The van der Waals surface area contributed by atoms with Gasteiger partial charge in [-0.1, -0.05) is 18.2 Å². The van der Waals surface area contributed by atoms with E-state index in [2.05, 4.69) is 10.3 Å². The van der Waals surface area contributed by atoms with Crippen LogP contribution in [0.2, 0.25) is 0 Å². The SMILES string of the molecule is O=C1NC(=O)C(c2cnc3ccccn23)=C1c1ccc2c3c1cc(F)n3CN(C(=O)N1CCC(CO)CC1)CC2. The number of rotatable bonds is 3. The lowest BCUT2D eigenvalue weighted by Crippen LogP contribution is -2.47. The minimum atomic E-state index is -0.550. The molecule has 0 unspecified atom stereocenters. The fraction of sp³-hybridized carbons (Fsp3) is 0.310. The zero-order chi connectivity index (χ0) is 27.5. The number of halogens is 1. The molecule has 0 bridgehead atoms.